The number of benzene rings is 2. The molecule has 0 saturated heterocycles. The van der Waals surface area contributed by atoms with Crippen LogP contribution < -0.4 is 21.1 Å². The minimum absolute atomic E-state index is 0.0789. The lowest BCUT2D eigenvalue weighted by molar-refractivity contribution is -0.121. The molecular formula is C21H25N3O4. The largest absolute Gasteiger partial charge is 0.497 e. The average molecular weight is 383 g/mol. The highest BCUT2D eigenvalue weighted by molar-refractivity contribution is 5.94. The molecule has 4 N–H and O–H groups in total. The van der Waals surface area contributed by atoms with Crippen LogP contribution in [0.15, 0.2) is 48.5 Å². The summed E-state index contributed by atoms with van der Waals surface area (Å²) in [5, 5.41) is 5.62. The second-order valence-electron chi connectivity index (χ2n) is 6.25. The third-order valence-electron chi connectivity index (χ3n) is 4.17. The number of carbonyl (C=O) groups excluding carboxylic acids is 3. The maximum absolute atomic E-state index is 12.0. The summed E-state index contributed by atoms with van der Waals surface area (Å²) in [6, 6.07) is 13.9. The fraction of sp³-hybridized carbons (Fsp3) is 0.286. The van der Waals surface area contributed by atoms with Crippen molar-refractivity contribution in [2.45, 2.75) is 19.3 Å². The van der Waals surface area contributed by atoms with E-state index in [2.05, 4.69) is 10.6 Å². The van der Waals surface area contributed by atoms with Crippen LogP contribution in [0.1, 0.15) is 39.1 Å². The smallest absolute Gasteiger partial charge is 0.251 e. The Morgan fingerprint density at radius 1 is 0.964 bits per heavy atom. The first-order chi connectivity index (χ1) is 13.5. The van der Waals surface area contributed by atoms with Crippen molar-refractivity contribution in [3.8, 4) is 5.75 Å². The number of nitrogens with two attached hydrogens (primary N) is 1. The van der Waals surface area contributed by atoms with Gasteiger partial charge >= 0.3 is 0 Å². The van der Waals surface area contributed by atoms with Crippen LogP contribution in [0.5, 0.6) is 5.75 Å². The van der Waals surface area contributed by atoms with E-state index in [0.29, 0.717) is 49.2 Å². The first-order valence-corrected chi connectivity index (χ1v) is 9.07. The molecule has 0 bridgehead atoms. The number of ether oxygens (including phenoxy) is 1. The van der Waals surface area contributed by atoms with E-state index < -0.39 is 5.91 Å². The van der Waals surface area contributed by atoms with Crippen LogP contribution in [-0.2, 0) is 11.2 Å². The Morgan fingerprint density at radius 2 is 1.71 bits per heavy atom. The predicted octanol–water partition coefficient (Wildman–Crippen LogP) is 1.66. The Labute approximate surface area is 164 Å². The summed E-state index contributed by atoms with van der Waals surface area (Å²) in [5.41, 5.74) is 7.19. The Bertz CT molecular complexity index is 819. The van der Waals surface area contributed by atoms with Gasteiger partial charge in [0.15, 0.2) is 0 Å². The second kappa shape index (κ2) is 10.7. The van der Waals surface area contributed by atoms with E-state index in [-0.39, 0.29) is 11.8 Å². The SMILES string of the molecule is COc1ccc(C(=O)NCCCC(=O)NCCc2cccc(C(N)=O)c2)cc1. The molecule has 0 aliphatic rings. The molecule has 0 atom stereocenters. The van der Waals surface area contributed by atoms with Gasteiger partial charge in [0.25, 0.3) is 5.91 Å². The summed E-state index contributed by atoms with van der Waals surface area (Å²) in [7, 11) is 1.57. The number of amides is 3. The Balaban J connectivity index is 1.62. The van der Waals surface area contributed by atoms with Crippen molar-refractivity contribution in [1.82, 2.24) is 10.6 Å². The average Bonchev–Trinajstić information content (AvgIpc) is 2.71. The third kappa shape index (κ3) is 6.75. The number of primary amides is 1. The highest BCUT2D eigenvalue weighted by atomic mass is 16.5. The lowest BCUT2D eigenvalue weighted by atomic mass is 10.1. The van der Waals surface area contributed by atoms with Crippen LogP contribution in [0.25, 0.3) is 0 Å². The summed E-state index contributed by atoms with van der Waals surface area (Å²) in [4.78, 5) is 35.1. The number of nitrogens with one attached hydrogen (secondary N) is 2. The van der Waals surface area contributed by atoms with Crippen LogP contribution in [-0.4, -0.2) is 37.9 Å². The van der Waals surface area contributed by atoms with E-state index in [1.54, 1.807) is 49.6 Å². The maximum Gasteiger partial charge on any atom is 0.251 e. The van der Waals surface area contributed by atoms with Gasteiger partial charge in [0.05, 0.1) is 7.11 Å². The summed E-state index contributed by atoms with van der Waals surface area (Å²) in [6.07, 6.45) is 1.48. The molecular weight excluding hydrogens is 358 g/mol. The van der Waals surface area contributed by atoms with Gasteiger partial charge in [0.2, 0.25) is 11.8 Å². The van der Waals surface area contributed by atoms with Crippen molar-refractivity contribution >= 4 is 17.7 Å². The van der Waals surface area contributed by atoms with Gasteiger partial charge in [0.1, 0.15) is 5.75 Å². The maximum atomic E-state index is 12.0. The number of hydrogen-bond acceptors (Lipinski definition) is 4. The lowest BCUT2D eigenvalue weighted by Gasteiger charge is -2.08. The summed E-state index contributed by atoms with van der Waals surface area (Å²) in [6.45, 7) is 0.887. The Hall–Kier alpha value is -3.35. The second-order valence-corrected chi connectivity index (χ2v) is 6.25. The lowest BCUT2D eigenvalue weighted by Crippen LogP contribution is -2.28. The molecule has 3 amide bonds. The van der Waals surface area contributed by atoms with Crippen molar-refractivity contribution in [2.24, 2.45) is 5.73 Å². The van der Waals surface area contributed by atoms with Crippen LogP contribution in [0.3, 0.4) is 0 Å². The minimum atomic E-state index is -0.470. The number of methoxy groups -OCH3 is 1. The topological polar surface area (TPSA) is 111 Å². The molecule has 7 heteroatoms. The molecule has 148 valence electrons. The van der Waals surface area contributed by atoms with Gasteiger partial charge in [-0.2, -0.15) is 0 Å². The van der Waals surface area contributed by atoms with E-state index in [0.717, 1.165) is 5.56 Å². The standard InChI is InChI=1S/C21H25N3O4/c1-28-18-9-7-16(8-10-18)21(27)24-12-3-6-19(25)23-13-11-15-4-2-5-17(14-15)20(22)26/h2,4-5,7-10,14H,3,6,11-13H2,1H3,(H2,22,26)(H,23,25)(H,24,27). The molecule has 7 nitrogen and oxygen atoms in total. The van der Waals surface area contributed by atoms with E-state index >= 15 is 0 Å². The van der Waals surface area contributed by atoms with Gasteiger partial charge in [-0.05, 0) is 54.8 Å². The molecule has 28 heavy (non-hydrogen) atoms. The molecule has 0 unspecified atom stereocenters. The number of hydrogen-bond donors (Lipinski definition) is 3. The normalized spacial score (nSPS) is 10.2. The number of rotatable bonds is 10. The molecule has 0 spiro atoms. The molecule has 0 radical (unpaired) electrons. The number of carbonyl (C=O) groups is 3. The van der Waals surface area contributed by atoms with Crippen molar-refractivity contribution in [3.05, 3.63) is 65.2 Å². The first kappa shape index (κ1) is 21.0. The highest BCUT2D eigenvalue weighted by Crippen LogP contribution is 2.11. The van der Waals surface area contributed by atoms with Crippen molar-refractivity contribution < 1.29 is 19.1 Å². The fourth-order valence-electron chi connectivity index (χ4n) is 2.61. The zero-order valence-corrected chi connectivity index (χ0v) is 15.9. The zero-order chi connectivity index (χ0) is 20.4. The van der Waals surface area contributed by atoms with E-state index in [1.165, 1.54) is 0 Å². The minimum Gasteiger partial charge on any atom is -0.497 e. The molecule has 0 aromatic heterocycles. The van der Waals surface area contributed by atoms with Gasteiger partial charge in [-0.25, -0.2) is 0 Å². The van der Waals surface area contributed by atoms with E-state index in [9.17, 15) is 14.4 Å². The molecule has 0 aliphatic carbocycles. The quantitative estimate of drug-likeness (QED) is 0.542. The zero-order valence-electron chi connectivity index (χ0n) is 15.9. The molecule has 2 aromatic carbocycles. The van der Waals surface area contributed by atoms with Gasteiger partial charge < -0.3 is 21.1 Å². The van der Waals surface area contributed by atoms with E-state index in [4.69, 9.17) is 10.5 Å². The van der Waals surface area contributed by atoms with Crippen molar-refractivity contribution in [2.75, 3.05) is 20.2 Å². The highest BCUT2D eigenvalue weighted by Gasteiger charge is 2.06. The van der Waals surface area contributed by atoms with Crippen LogP contribution in [0.4, 0.5) is 0 Å². The van der Waals surface area contributed by atoms with E-state index in [1.807, 2.05) is 6.07 Å². The summed E-state index contributed by atoms with van der Waals surface area (Å²) < 4.78 is 5.05. The molecule has 0 saturated carbocycles. The van der Waals surface area contributed by atoms with Crippen LogP contribution >= 0.6 is 0 Å². The predicted molar refractivity (Wildman–Crippen MR) is 106 cm³/mol. The first-order valence-electron chi connectivity index (χ1n) is 9.07. The summed E-state index contributed by atoms with van der Waals surface area (Å²) in [5.74, 6) is -0.0423. The van der Waals surface area contributed by atoms with Gasteiger partial charge in [0, 0.05) is 30.6 Å². The Morgan fingerprint density at radius 3 is 2.39 bits per heavy atom. The fourth-order valence-corrected chi connectivity index (χ4v) is 2.61. The van der Waals surface area contributed by atoms with Crippen LogP contribution in [0, 0.1) is 0 Å². The molecule has 2 aromatic rings. The van der Waals surface area contributed by atoms with Crippen LogP contribution in [0.2, 0.25) is 0 Å². The summed E-state index contributed by atoms with van der Waals surface area (Å²) >= 11 is 0. The third-order valence-corrected chi connectivity index (χ3v) is 4.17. The molecule has 0 aliphatic heterocycles. The molecule has 0 heterocycles. The van der Waals surface area contributed by atoms with Crippen molar-refractivity contribution in [1.29, 1.82) is 0 Å². The monoisotopic (exact) mass is 383 g/mol. The van der Waals surface area contributed by atoms with Gasteiger partial charge in [-0.15, -0.1) is 0 Å². The Kier molecular flexibility index (Phi) is 8.02. The van der Waals surface area contributed by atoms with Crippen molar-refractivity contribution in [3.63, 3.8) is 0 Å². The molecule has 2 rings (SSSR count). The molecule has 0 fully saturated rings. The van der Waals surface area contributed by atoms with Gasteiger partial charge in [-0.3, -0.25) is 14.4 Å². The van der Waals surface area contributed by atoms with Gasteiger partial charge in [-0.1, -0.05) is 12.1 Å².